The third kappa shape index (κ3) is 4.72. The van der Waals surface area contributed by atoms with Crippen molar-refractivity contribution in [2.45, 2.75) is 45.2 Å². The average Bonchev–Trinajstić information content (AvgIpc) is 3.32. The van der Waals surface area contributed by atoms with Gasteiger partial charge in [-0.2, -0.15) is 0 Å². The first-order valence-electron chi connectivity index (χ1n) is 8.23. The smallest absolute Gasteiger partial charge is 0.118 e. The molecule has 1 aliphatic rings. The van der Waals surface area contributed by atoms with Crippen LogP contribution in [0.3, 0.4) is 0 Å². The summed E-state index contributed by atoms with van der Waals surface area (Å²) in [5.74, 6) is 1.85. The largest absolute Gasteiger partial charge is 0.497 e. The van der Waals surface area contributed by atoms with Crippen molar-refractivity contribution in [3.05, 3.63) is 29.8 Å². The van der Waals surface area contributed by atoms with E-state index in [0.717, 1.165) is 24.6 Å². The molecule has 0 aliphatic heterocycles. The monoisotopic (exact) mass is 290 g/mol. The van der Waals surface area contributed by atoms with E-state index < -0.39 is 0 Å². The van der Waals surface area contributed by atoms with E-state index in [1.54, 1.807) is 7.11 Å². The fourth-order valence-electron chi connectivity index (χ4n) is 2.81. The first-order valence-corrected chi connectivity index (χ1v) is 8.23. The molecule has 1 saturated carbocycles. The molecule has 0 radical (unpaired) electrons. The van der Waals surface area contributed by atoms with Crippen molar-refractivity contribution in [1.29, 1.82) is 0 Å². The minimum atomic E-state index is 0.375. The van der Waals surface area contributed by atoms with Crippen LogP contribution >= 0.6 is 0 Å². The van der Waals surface area contributed by atoms with E-state index in [0.29, 0.717) is 12.1 Å². The Morgan fingerprint density at radius 1 is 1.29 bits per heavy atom. The van der Waals surface area contributed by atoms with Gasteiger partial charge >= 0.3 is 0 Å². The highest BCUT2D eigenvalue weighted by Gasteiger charge is 2.28. The topological polar surface area (TPSA) is 24.5 Å². The highest BCUT2D eigenvalue weighted by atomic mass is 16.5. The van der Waals surface area contributed by atoms with Gasteiger partial charge in [0.15, 0.2) is 0 Å². The molecule has 1 fully saturated rings. The molecule has 0 bridgehead atoms. The summed E-state index contributed by atoms with van der Waals surface area (Å²) in [6.07, 6.45) is 3.98. The molecule has 0 aromatic heterocycles. The molecule has 3 heteroatoms. The lowest BCUT2D eigenvalue weighted by atomic mass is 9.98. The minimum Gasteiger partial charge on any atom is -0.497 e. The Kier molecular flexibility index (Phi) is 6.07. The molecule has 1 aliphatic carbocycles. The van der Waals surface area contributed by atoms with E-state index in [1.807, 2.05) is 0 Å². The summed E-state index contributed by atoms with van der Waals surface area (Å²) in [6, 6.07) is 9.36. The number of ether oxygens (including phenoxy) is 1. The summed E-state index contributed by atoms with van der Waals surface area (Å²) in [5, 5.41) is 3.72. The molecule has 0 spiro atoms. The molecule has 0 heterocycles. The van der Waals surface area contributed by atoms with Gasteiger partial charge in [0.1, 0.15) is 5.75 Å². The molecular formula is C18H30N2O. The zero-order valence-electron chi connectivity index (χ0n) is 13.9. The summed E-state index contributed by atoms with van der Waals surface area (Å²) in [5.41, 5.74) is 1.35. The third-order valence-electron chi connectivity index (χ3n) is 4.51. The van der Waals surface area contributed by atoms with E-state index in [-0.39, 0.29) is 0 Å². The number of rotatable bonds is 9. The normalized spacial score (nSPS) is 17.8. The highest BCUT2D eigenvalue weighted by molar-refractivity contribution is 5.29. The maximum atomic E-state index is 5.27. The summed E-state index contributed by atoms with van der Waals surface area (Å²) in [4.78, 5) is 2.51. The maximum absolute atomic E-state index is 5.27. The first kappa shape index (κ1) is 16.3. The van der Waals surface area contributed by atoms with E-state index >= 15 is 0 Å². The number of hydrogen-bond acceptors (Lipinski definition) is 3. The quantitative estimate of drug-likeness (QED) is 0.753. The van der Waals surface area contributed by atoms with Crippen LogP contribution in [0.5, 0.6) is 5.75 Å². The van der Waals surface area contributed by atoms with E-state index in [1.165, 1.54) is 24.9 Å². The summed E-state index contributed by atoms with van der Waals surface area (Å²) in [6.45, 7) is 6.83. The van der Waals surface area contributed by atoms with Crippen molar-refractivity contribution in [1.82, 2.24) is 10.2 Å². The van der Waals surface area contributed by atoms with Gasteiger partial charge in [0.2, 0.25) is 0 Å². The number of likely N-dealkylation sites (N-methyl/N-ethyl adjacent to an activating group) is 1. The lowest BCUT2D eigenvalue weighted by molar-refractivity contribution is 0.199. The van der Waals surface area contributed by atoms with Crippen LogP contribution in [-0.2, 0) is 0 Å². The van der Waals surface area contributed by atoms with Crippen LogP contribution in [0.25, 0.3) is 0 Å². The molecule has 1 aromatic carbocycles. The van der Waals surface area contributed by atoms with Crippen molar-refractivity contribution >= 4 is 0 Å². The summed E-state index contributed by atoms with van der Waals surface area (Å²) >= 11 is 0. The molecule has 1 N–H and O–H groups in total. The zero-order chi connectivity index (χ0) is 15.2. The Hall–Kier alpha value is -1.06. The van der Waals surface area contributed by atoms with Crippen LogP contribution in [0.2, 0.25) is 0 Å². The van der Waals surface area contributed by atoms with Gasteiger partial charge in [0.25, 0.3) is 0 Å². The van der Waals surface area contributed by atoms with Crippen molar-refractivity contribution in [2.75, 3.05) is 27.2 Å². The van der Waals surface area contributed by atoms with Gasteiger partial charge in [0.05, 0.1) is 7.11 Å². The van der Waals surface area contributed by atoms with Crippen LogP contribution in [-0.4, -0.2) is 38.2 Å². The Balaban J connectivity index is 2.06. The number of benzene rings is 1. The number of methoxy groups -OCH3 is 1. The second-order valence-electron chi connectivity index (χ2n) is 6.33. The number of hydrogen-bond donors (Lipinski definition) is 1. The van der Waals surface area contributed by atoms with Crippen molar-refractivity contribution in [3.63, 3.8) is 0 Å². The lowest BCUT2D eigenvalue weighted by Crippen LogP contribution is -2.42. The molecule has 2 unspecified atom stereocenters. The molecule has 2 atom stereocenters. The molecule has 2 rings (SSSR count). The van der Waals surface area contributed by atoms with E-state index in [2.05, 4.69) is 55.4 Å². The van der Waals surface area contributed by atoms with E-state index in [9.17, 15) is 0 Å². The fraction of sp³-hybridized carbons (Fsp3) is 0.667. The Labute approximate surface area is 129 Å². The van der Waals surface area contributed by atoms with Crippen LogP contribution in [0.15, 0.2) is 24.3 Å². The molecular weight excluding hydrogens is 260 g/mol. The van der Waals surface area contributed by atoms with Gasteiger partial charge < -0.3 is 15.0 Å². The summed E-state index contributed by atoms with van der Waals surface area (Å²) in [7, 11) is 3.97. The van der Waals surface area contributed by atoms with Crippen molar-refractivity contribution < 1.29 is 4.74 Å². The van der Waals surface area contributed by atoms with Crippen LogP contribution < -0.4 is 10.1 Å². The molecule has 118 valence electrons. The summed E-state index contributed by atoms with van der Waals surface area (Å²) < 4.78 is 5.27. The molecule has 21 heavy (non-hydrogen) atoms. The predicted octanol–water partition coefficient (Wildman–Crippen LogP) is 3.47. The second kappa shape index (κ2) is 7.81. The van der Waals surface area contributed by atoms with Gasteiger partial charge in [-0.05, 0) is 63.4 Å². The Bertz CT molecular complexity index is 414. The molecule has 1 aromatic rings. The molecule has 0 saturated heterocycles. The third-order valence-corrected chi connectivity index (χ3v) is 4.51. The fourth-order valence-corrected chi connectivity index (χ4v) is 2.81. The van der Waals surface area contributed by atoms with Gasteiger partial charge in [-0.1, -0.05) is 19.1 Å². The first-order chi connectivity index (χ1) is 10.2. The number of nitrogens with zero attached hydrogens (tertiary/aromatic N) is 1. The van der Waals surface area contributed by atoms with Gasteiger partial charge in [-0.25, -0.2) is 0 Å². The molecule has 0 amide bonds. The van der Waals surface area contributed by atoms with Crippen LogP contribution in [0, 0.1) is 5.92 Å². The van der Waals surface area contributed by atoms with E-state index in [4.69, 9.17) is 4.74 Å². The van der Waals surface area contributed by atoms with Crippen LogP contribution in [0.4, 0.5) is 0 Å². The molecule has 3 nitrogen and oxygen atoms in total. The minimum absolute atomic E-state index is 0.375. The standard InChI is InChI=1S/C18H30N2O/c1-5-12-19-18(14(2)20(3)13-15-6-7-15)16-8-10-17(21-4)11-9-16/h8-11,14-15,18-19H,5-7,12-13H2,1-4H3. The average molecular weight is 290 g/mol. The van der Waals surface area contributed by atoms with Gasteiger partial charge in [0, 0.05) is 18.6 Å². The lowest BCUT2D eigenvalue weighted by Gasteiger charge is -2.33. The van der Waals surface area contributed by atoms with Gasteiger partial charge in [-0.15, -0.1) is 0 Å². The predicted molar refractivity (Wildman–Crippen MR) is 88.8 cm³/mol. The highest BCUT2D eigenvalue weighted by Crippen LogP contribution is 2.31. The van der Waals surface area contributed by atoms with Crippen LogP contribution in [0.1, 0.15) is 44.7 Å². The van der Waals surface area contributed by atoms with Gasteiger partial charge in [-0.3, -0.25) is 0 Å². The maximum Gasteiger partial charge on any atom is 0.118 e. The zero-order valence-corrected chi connectivity index (χ0v) is 13.9. The second-order valence-corrected chi connectivity index (χ2v) is 6.33. The number of nitrogens with one attached hydrogen (secondary N) is 1. The Morgan fingerprint density at radius 3 is 2.48 bits per heavy atom. The SMILES string of the molecule is CCCNC(c1ccc(OC)cc1)C(C)N(C)CC1CC1. The van der Waals surface area contributed by atoms with Crippen molar-refractivity contribution in [3.8, 4) is 5.75 Å². The van der Waals surface area contributed by atoms with Crippen molar-refractivity contribution in [2.24, 2.45) is 5.92 Å². The Morgan fingerprint density at radius 2 is 1.95 bits per heavy atom.